The van der Waals surface area contributed by atoms with E-state index in [0.29, 0.717) is 9.98 Å². The molecule has 1 N–H and O–H groups in total. The van der Waals surface area contributed by atoms with E-state index in [1.165, 1.54) is 57.8 Å². The van der Waals surface area contributed by atoms with Gasteiger partial charge >= 0.3 is 167 Å². The molecular formula is C21H41NO2Sn. The molecule has 0 aliphatic rings. The number of alkyl carbamates (subject to hydrolysis) is 1. The van der Waals surface area contributed by atoms with Gasteiger partial charge in [-0.3, -0.25) is 0 Å². The zero-order chi connectivity index (χ0) is 19.2. The van der Waals surface area contributed by atoms with E-state index >= 15 is 0 Å². The molecule has 0 saturated heterocycles. The summed E-state index contributed by atoms with van der Waals surface area (Å²) < 4.78 is 8.34. The Bertz CT molecular complexity index is 353. The first kappa shape index (κ1) is 24.8. The van der Waals surface area contributed by atoms with Crippen LogP contribution in [0.15, 0.2) is 10.2 Å². The number of amides is 1. The Morgan fingerprint density at radius 3 is 1.84 bits per heavy atom. The summed E-state index contributed by atoms with van der Waals surface area (Å²) >= 11 is -0.612. The van der Waals surface area contributed by atoms with E-state index in [-0.39, 0.29) is 6.09 Å². The van der Waals surface area contributed by atoms with E-state index in [2.05, 4.69) is 36.3 Å². The minimum atomic E-state index is -0.612. The van der Waals surface area contributed by atoms with Gasteiger partial charge in [-0.1, -0.05) is 0 Å². The van der Waals surface area contributed by atoms with Crippen LogP contribution in [-0.2, 0) is 4.74 Å². The molecule has 0 fully saturated rings. The van der Waals surface area contributed by atoms with Gasteiger partial charge in [-0.2, -0.15) is 0 Å². The molecule has 0 aromatic carbocycles. The number of ether oxygens (including phenoxy) is 1. The molecule has 25 heavy (non-hydrogen) atoms. The van der Waals surface area contributed by atoms with Crippen molar-refractivity contribution in [3.8, 4) is 0 Å². The molecule has 3 nitrogen and oxygen atoms in total. The van der Waals surface area contributed by atoms with Gasteiger partial charge in [0.25, 0.3) is 0 Å². The fourth-order valence-electron chi connectivity index (χ4n) is 2.89. The fourth-order valence-corrected chi connectivity index (χ4v) is 7.32. The molecule has 0 heterocycles. The first-order valence-corrected chi connectivity index (χ1v) is 13.3. The molecule has 0 aromatic rings. The van der Waals surface area contributed by atoms with Crippen LogP contribution < -0.4 is 5.32 Å². The Labute approximate surface area is 167 Å². The summed E-state index contributed by atoms with van der Waals surface area (Å²) in [5.74, 6) is 0. The monoisotopic (exact) mass is 459 g/mol. The standard InChI is InChI=1S/C13H27.C8H14NO2.Sn/c1-4-7-10-13(11-8-5-2)12-9-6-3;1-5-6-9-7(10)11-8(2,3)4;/h4-12H2,1-3H3;1,5H,6H2,2-4H3,(H,9,10);. The normalized spacial score (nSPS) is 12.6. The fraction of sp³-hybridized carbons (Fsp3) is 0.857. The van der Waals surface area contributed by atoms with Crippen molar-refractivity contribution >= 4 is 27.2 Å². The average molecular weight is 458 g/mol. The molecule has 146 valence electrons. The molecule has 1 amide bonds. The SMILES string of the molecule is CCCC[C](CCCC)(CCCC)[Sn]/[CH]=C/CNC(=O)OC(C)(C)C. The molecule has 0 spiro atoms. The molecule has 2 radical (unpaired) electrons. The predicted octanol–water partition coefficient (Wildman–Crippen LogP) is 6.46. The number of unbranched alkanes of at least 4 members (excludes halogenated alkanes) is 3. The molecule has 0 saturated carbocycles. The summed E-state index contributed by atoms with van der Waals surface area (Å²) in [4.78, 5) is 11.7. The van der Waals surface area contributed by atoms with Crippen LogP contribution in [0, 0.1) is 0 Å². The van der Waals surface area contributed by atoms with Crippen molar-refractivity contribution in [2.75, 3.05) is 6.54 Å². The van der Waals surface area contributed by atoms with E-state index in [4.69, 9.17) is 4.74 Å². The van der Waals surface area contributed by atoms with E-state index < -0.39 is 26.7 Å². The van der Waals surface area contributed by atoms with Gasteiger partial charge in [-0.15, -0.1) is 0 Å². The zero-order valence-electron chi connectivity index (χ0n) is 17.5. The van der Waals surface area contributed by atoms with Crippen LogP contribution in [0.4, 0.5) is 4.79 Å². The molecule has 0 aromatic heterocycles. The van der Waals surface area contributed by atoms with Crippen molar-refractivity contribution in [2.45, 2.75) is 108 Å². The van der Waals surface area contributed by atoms with Gasteiger partial charge in [0, 0.05) is 0 Å². The van der Waals surface area contributed by atoms with Gasteiger partial charge in [-0.25, -0.2) is 0 Å². The predicted molar refractivity (Wildman–Crippen MR) is 110 cm³/mol. The minimum absolute atomic E-state index is 0.322. The topological polar surface area (TPSA) is 38.3 Å². The number of hydrogen-bond acceptors (Lipinski definition) is 2. The van der Waals surface area contributed by atoms with Crippen molar-refractivity contribution in [3.05, 3.63) is 10.2 Å². The molecule has 0 aliphatic heterocycles. The van der Waals surface area contributed by atoms with E-state index in [0.717, 1.165) is 0 Å². The van der Waals surface area contributed by atoms with Crippen LogP contribution in [0.2, 0.25) is 3.43 Å². The number of carbonyl (C=O) groups excluding carboxylic acids is 1. The van der Waals surface area contributed by atoms with Gasteiger partial charge < -0.3 is 0 Å². The summed E-state index contributed by atoms with van der Waals surface area (Å²) in [5, 5.41) is 2.83. The van der Waals surface area contributed by atoms with Gasteiger partial charge in [0.1, 0.15) is 0 Å². The maximum absolute atomic E-state index is 11.7. The second-order valence-corrected chi connectivity index (χ2v) is 12.8. The van der Waals surface area contributed by atoms with Crippen molar-refractivity contribution in [2.24, 2.45) is 0 Å². The average Bonchev–Trinajstić information content (AvgIpc) is 2.53. The first-order chi connectivity index (χ1) is 11.8. The quantitative estimate of drug-likeness (QED) is 0.322. The van der Waals surface area contributed by atoms with Crippen LogP contribution in [0.5, 0.6) is 0 Å². The van der Waals surface area contributed by atoms with Gasteiger partial charge in [0.15, 0.2) is 0 Å². The molecule has 0 atom stereocenters. The molecule has 0 bridgehead atoms. The second kappa shape index (κ2) is 13.9. The Balaban J connectivity index is 4.57. The number of carbonyl (C=O) groups is 1. The van der Waals surface area contributed by atoms with Gasteiger partial charge in [0.2, 0.25) is 0 Å². The van der Waals surface area contributed by atoms with E-state index in [1.807, 2.05) is 20.8 Å². The summed E-state index contributed by atoms with van der Waals surface area (Å²) in [6.07, 6.45) is 14.0. The molecule has 0 rings (SSSR count). The van der Waals surface area contributed by atoms with Crippen molar-refractivity contribution in [1.82, 2.24) is 5.32 Å². The third-order valence-electron chi connectivity index (χ3n) is 4.30. The second-order valence-electron chi connectivity index (χ2n) is 8.02. The summed E-state index contributed by atoms with van der Waals surface area (Å²) in [7, 11) is 0. The molecule has 0 aliphatic carbocycles. The summed E-state index contributed by atoms with van der Waals surface area (Å²) in [6.45, 7) is 13.2. The first-order valence-electron chi connectivity index (χ1n) is 10.2. The van der Waals surface area contributed by atoms with E-state index in [9.17, 15) is 4.79 Å². The third-order valence-corrected chi connectivity index (χ3v) is 9.33. The Kier molecular flexibility index (Phi) is 13.8. The summed E-state index contributed by atoms with van der Waals surface area (Å²) in [6, 6.07) is 0. The van der Waals surface area contributed by atoms with Gasteiger partial charge in [0.05, 0.1) is 0 Å². The number of nitrogens with one attached hydrogen (secondary N) is 1. The van der Waals surface area contributed by atoms with E-state index in [1.54, 1.807) is 0 Å². The summed E-state index contributed by atoms with van der Waals surface area (Å²) in [5.41, 5.74) is -0.430. The molecule has 4 heteroatoms. The van der Waals surface area contributed by atoms with Crippen LogP contribution >= 0.6 is 0 Å². The van der Waals surface area contributed by atoms with Crippen LogP contribution in [-0.4, -0.2) is 39.4 Å². The van der Waals surface area contributed by atoms with Crippen LogP contribution in [0.25, 0.3) is 0 Å². The number of hydrogen-bond donors (Lipinski definition) is 1. The van der Waals surface area contributed by atoms with Gasteiger partial charge in [-0.05, 0) is 0 Å². The zero-order valence-corrected chi connectivity index (χ0v) is 20.4. The molecular weight excluding hydrogens is 417 g/mol. The number of rotatable bonds is 13. The van der Waals surface area contributed by atoms with Crippen LogP contribution in [0.1, 0.15) is 99.3 Å². The van der Waals surface area contributed by atoms with Crippen molar-refractivity contribution in [3.63, 3.8) is 0 Å². The Morgan fingerprint density at radius 1 is 0.960 bits per heavy atom. The Hall–Kier alpha value is -0.191. The van der Waals surface area contributed by atoms with Crippen LogP contribution in [0.3, 0.4) is 0 Å². The maximum atomic E-state index is 11.7. The third kappa shape index (κ3) is 13.6. The van der Waals surface area contributed by atoms with Crippen molar-refractivity contribution in [1.29, 1.82) is 0 Å². The van der Waals surface area contributed by atoms with Crippen molar-refractivity contribution < 1.29 is 9.53 Å². The Morgan fingerprint density at radius 2 is 1.44 bits per heavy atom. The molecule has 0 unspecified atom stereocenters.